The Labute approximate surface area is 95.2 Å². The second-order valence-corrected chi connectivity index (χ2v) is 4.31. The molecule has 2 rings (SSSR count). The van der Waals surface area contributed by atoms with Crippen molar-refractivity contribution in [3.05, 3.63) is 11.7 Å². The fraction of sp³-hybridized carbons (Fsp3) is 0.818. The van der Waals surface area contributed by atoms with Crippen molar-refractivity contribution in [2.75, 3.05) is 19.7 Å². The Hall–Kier alpha value is -0.940. The van der Waals surface area contributed by atoms with Crippen LogP contribution in [-0.4, -0.2) is 34.9 Å². The maximum atomic E-state index is 8.73. The SMILES string of the molecule is OCCc1noc(CCC2CCNCC2)n1. The van der Waals surface area contributed by atoms with Crippen molar-refractivity contribution >= 4 is 0 Å². The molecular formula is C11H19N3O2. The molecule has 5 nitrogen and oxygen atoms in total. The molecular weight excluding hydrogens is 206 g/mol. The van der Waals surface area contributed by atoms with Crippen LogP contribution in [0.25, 0.3) is 0 Å². The number of nitrogens with one attached hydrogen (secondary N) is 1. The molecule has 90 valence electrons. The van der Waals surface area contributed by atoms with Gasteiger partial charge in [-0.3, -0.25) is 0 Å². The average Bonchev–Trinajstić information content (AvgIpc) is 2.76. The number of aryl methyl sites for hydroxylation is 1. The molecule has 0 saturated carbocycles. The molecule has 0 spiro atoms. The van der Waals surface area contributed by atoms with Gasteiger partial charge in [-0.2, -0.15) is 4.98 Å². The van der Waals surface area contributed by atoms with Gasteiger partial charge in [0.05, 0.1) is 6.61 Å². The van der Waals surface area contributed by atoms with Gasteiger partial charge in [0, 0.05) is 12.8 Å². The number of hydrogen-bond donors (Lipinski definition) is 2. The standard InChI is InChI=1S/C11H19N3O2/c15-8-5-10-13-11(16-14-10)2-1-9-3-6-12-7-4-9/h9,12,15H,1-8H2. The molecule has 1 aromatic rings. The van der Waals surface area contributed by atoms with Gasteiger partial charge in [-0.15, -0.1) is 0 Å². The molecule has 1 saturated heterocycles. The Morgan fingerprint density at radius 2 is 2.12 bits per heavy atom. The quantitative estimate of drug-likeness (QED) is 0.765. The van der Waals surface area contributed by atoms with Crippen molar-refractivity contribution in [1.82, 2.24) is 15.5 Å². The van der Waals surface area contributed by atoms with Crippen LogP contribution in [0.5, 0.6) is 0 Å². The van der Waals surface area contributed by atoms with E-state index < -0.39 is 0 Å². The van der Waals surface area contributed by atoms with Crippen molar-refractivity contribution in [3.8, 4) is 0 Å². The normalized spacial score (nSPS) is 17.8. The Morgan fingerprint density at radius 3 is 2.88 bits per heavy atom. The Kier molecular flexibility index (Phi) is 4.30. The van der Waals surface area contributed by atoms with Crippen LogP contribution in [0.15, 0.2) is 4.52 Å². The van der Waals surface area contributed by atoms with E-state index in [1.165, 1.54) is 12.8 Å². The van der Waals surface area contributed by atoms with Crippen LogP contribution in [0.1, 0.15) is 31.0 Å². The summed E-state index contributed by atoms with van der Waals surface area (Å²) in [6.07, 6.45) is 4.97. The first kappa shape index (κ1) is 11.5. The Bertz CT molecular complexity index is 308. The second kappa shape index (κ2) is 5.96. The predicted molar refractivity (Wildman–Crippen MR) is 59.0 cm³/mol. The van der Waals surface area contributed by atoms with Gasteiger partial charge in [-0.05, 0) is 38.3 Å². The zero-order valence-electron chi connectivity index (χ0n) is 9.48. The minimum absolute atomic E-state index is 0.0767. The lowest BCUT2D eigenvalue weighted by atomic mass is 9.93. The minimum Gasteiger partial charge on any atom is -0.396 e. The number of piperidine rings is 1. The monoisotopic (exact) mass is 225 g/mol. The van der Waals surface area contributed by atoms with Crippen molar-refractivity contribution < 1.29 is 9.63 Å². The van der Waals surface area contributed by atoms with Crippen LogP contribution in [0.2, 0.25) is 0 Å². The van der Waals surface area contributed by atoms with Crippen molar-refractivity contribution in [2.24, 2.45) is 5.92 Å². The summed E-state index contributed by atoms with van der Waals surface area (Å²) in [6.45, 7) is 2.34. The highest BCUT2D eigenvalue weighted by atomic mass is 16.5. The molecule has 16 heavy (non-hydrogen) atoms. The van der Waals surface area contributed by atoms with E-state index in [1.807, 2.05) is 0 Å². The largest absolute Gasteiger partial charge is 0.396 e. The summed E-state index contributed by atoms with van der Waals surface area (Å²) in [5.74, 6) is 2.11. The molecule has 0 aromatic carbocycles. The first-order valence-electron chi connectivity index (χ1n) is 6.01. The highest BCUT2D eigenvalue weighted by Gasteiger charge is 2.14. The zero-order chi connectivity index (χ0) is 11.2. The third-order valence-electron chi connectivity index (χ3n) is 3.07. The van der Waals surface area contributed by atoms with Crippen LogP contribution >= 0.6 is 0 Å². The van der Waals surface area contributed by atoms with Gasteiger partial charge in [0.2, 0.25) is 5.89 Å². The van der Waals surface area contributed by atoms with Crippen molar-refractivity contribution in [3.63, 3.8) is 0 Å². The lowest BCUT2D eigenvalue weighted by Crippen LogP contribution is -2.27. The van der Waals surface area contributed by atoms with Gasteiger partial charge in [-0.1, -0.05) is 5.16 Å². The maximum absolute atomic E-state index is 8.73. The molecule has 1 fully saturated rings. The summed E-state index contributed by atoms with van der Waals surface area (Å²) in [6, 6.07) is 0. The molecule has 0 unspecified atom stereocenters. The highest BCUT2D eigenvalue weighted by Crippen LogP contribution is 2.18. The minimum atomic E-state index is 0.0767. The number of hydrogen-bond acceptors (Lipinski definition) is 5. The van der Waals surface area contributed by atoms with E-state index in [0.29, 0.717) is 18.1 Å². The van der Waals surface area contributed by atoms with Crippen molar-refractivity contribution in [1.29, 1.82) is 0 Å². The van der Waals surface area contributed by atoms with E-state index in [2.05, 4.69) is 15.5 Å². The van der Waals surface area contributed by atoms with Crippen molar-refractivity contribution in [2.45, 2.75) is 32.1 Å². The molecule has 0 radical (unpaired) electrons. The first-order chi connectivity index (χ1) is 7.88. The zero-order valence-corrected chi connectivity index (χ0v) is 9.48. The van der Waals surface area contributed by atoms with E-state index in [0.717, 1.165) is 31.8 Å². The van der Waals surface area contributed by atoms with E-state index in [-0.39, 0.29) is 6.61 Å². The third-order valence-corrected chi connectivity index (χ3v) is 3.07. The topological polar surface area (TPSA) is 71.2 Å². The van der Waals surface area contributed by atoms with Crippen LogP contribution < -0.4 is 5.32 Å². The number of aliphatic hydroxyl groups excluding tert-OH is 1. The van der Waals surface area contributed by atoms with Gasteiger partial charge in [-0.25, -0.2) is 0 Å². The van der Waals surface area contributed by atoms with E-state index in [1.54, 1.807) is 0 Å². The molecule has 2 heterocycles. The molecule has 1 aliphatic rings. The van der Waals surface area contributed by atoms with Crippen LogP contribution in [0.4, 0.5) is 0 Å². The average molecular weight is 225 g/mol. The van der Waals surface area contributed by atoms with Crippen LogP contribution in [-0.2, 0) is 12.8 Å². The molecule has 1 aromatic heterocycles. The van der Waals surface area contributed by atoms with E-state index in [4.69, 9.17) is 9.63 Å². The molecule has 0 atom stereocenters. The summed E-state index contributed by atoms with van der Waals surface area (Å²) in [5, 5.41) is 15.9. The predicted octanol–water partition coefficient (Wildman–Crippen LogP) is 0.537. The smallest absolute Gasteiger partial charge is 0.226 e. The van der Waals surface area contributed by atoms with Gasteiger partial charge in [0.1, 0.15) is 0 Å². The Balaban J connectivity index is 1.75. The highest BCUT2D eigenvalue weighted by molar-refractivity contribution is 4.87. The van der Waals surface area contributed by atoms with Crippen LogP contribution in [0, 0.1) is 5.92 Å². The summed E-state index contributed by atoms with van der Waals surface area (Å²) in [5.41, 5.74) is 0. The summed E-state index contributed by atoms with van der Waals surface area (Å²) in [7, 11) is 0. The molecule has 0 bridgehead atoms. The number of aromatic nitrogens is 2. The van der Waals surface area contributed by atoms with Gasteiger partial charge in [0.15, 0.2) is 5.82 Å². The first-order valence-corrected chi connectivity index (χ1v) is 6.01. The van der Waals surface area contributed by atoms with E-state index in [9.17, 15) is 0 Å². The summed E-state index contributed by atoms with van der Waals surface area (Å²) < 4.78 is 5.12. The Morgan fingerprint density at radius 1 is 1.31 bits per heavy atom. The molecule has 5 heteroatoms. The lowest BCUT2D eigenvalue weighted by molar-refractivity contribution is 0.292. The third kappa shape index (κ3) is 3.28. The van der Waals surface area contributed by atoms with E-state index >= 15 is 0 Å². The molecule has 0 amide bonds. The van der Waals surface area contributed by atoms with Gasteiger partial charge < -0.3 is 14.9 Å². The fourth-order valence-corrected chi connectivity index (χ4v) is 2.09. The van der Waals surface area contributed by atoms with Crippen LogP contribution in [0.3, 0.4) is 0 Å². The summed E-state index contributed by atoms with van der Waals surface area (Å²) in [4.78, 5) is 4.23. The number of aliphatic hydroxyl groups is 1. The molecule has 2 N–H and O–H groups in total. The molecule has 1 aliphatic heterocycles. The van der Waals surface area contributed by atoms with Gasteiger partial charge >= 0.3 is 0 Å². The molecule has 0 aliphatic carbocycles. The maximum Gasteiger partial charge on any atom is 0.226 e. The number of rotatable bonds is 5. The van der Waals surface area contributed by atoms with Gasteiger partial charge in [0.25, 0.3) is 0 Å². The number of nitrogens with zero attached hydrogens (tertiary/aromatic N) is 2. The lowest BCUT2D eigenvalue weighted by Gasteiger charge is -2.21. The fourth-order valence-electron chi connectivity index (χ4n) is 2.09. The second-order valence-electron chi connectivity index (χ2n) is 4.31. The summed E-state index contributed by atoms with van der Waals surface area (Å²) >= 11 is 0.